The summed E-state index contributed by atoms with van der Waals surface area (Å²) in [5, 5.41) is 30.4. The average Bonchev–Trinajstić information content (AvgIpc) is 1.69. The molecular formula is C93H140N16O2Re4S4-4. The van der Waals surface area contributed by atoms with Gasteiger partial charge < -0.3 is 32.6 Å². The second-order valence-corrected chi connectivity index (χ2v) is 41.3. The van der Waals surface area contributed by atoms with Crippen molar-refractivity contribution >= 4 is 88.3 Å². The molecule has 11 aromatic rings. The predicted molar refractivity (Wildman–Crippen MR) is 495 cm³/mol. The zero-order valence-corrected chi connectivity index (χ0v) is 92.2. The number of rotatable bonds is 7. The second-order valence-electron chi connectivity index (χ2n) is 38.4. The summed E-state index contributed by atoms with van der Waals surface area (Å²) in [6, 6.07) is 6.05. The van der Waals surface area contributed by atoms with Crippen molar-refractivity contribution in [3.8, 4) is 0 Å². The fourth-order valence-electron chi connectivity index (χ4n) is 9.03. The minimum absolute atomic E-state index is 0. The van der Waals surface area contributed by atoms with Gasteiger partial charge in [0.1, 0.15) is 24.0 Å². The number of H-pyrrole nitrogens is 3. The molecular weight excluding hydrogens is 2250 g/mol. The van der Waals surface area contributed by atoms with Crippen LogP contribution in [0.3, 0.4) is 0 Å². The van der Waals surface area contributed by atoms with Gasteiger partial charge in [0, 0.05) is 164 Å². The maximum absolute atomic E-state index is 5.11. The van der Waals surface area contributed by atoms with Crippen molar-refractivity contribution in [1.82, 2.24) is 78.8 Å². The Bertz CT molecular complexity index is 4210. The molecule has 0 aliphatic heterocycles. The van der Waals surface area contributed by atoms with E-state index >= 15 is 0 Å². The van der Waals surface area contributed by atoms with Crippen molar-refractivity contribution in [2.75, 3.05) is 0 Å². The summed E-state index contributed by atoms with van der Waals surface area (Å²) < 4.78 is 21.5. The van der Waals surface area contributed by atoms with Gasteiger partial charge in [0.05, 0.1) is 34.7 Å². The van der Waals surface area contributed by atoms with Crippen LogP contribution >= 0.6 is 45.7 Å². The molecule has 26 heteroatoms. The number of thiazole rings is 2. The maximum Gasteiger partial charge on any atom is 0.218 e. The third kappa shape index (κ3) is 45.2. The molecule has 0 aliphatic carbocycles. The second kappa shape index (κ2) is 52.4. The third-order valence-electron chi connectivity index (χ3n) is 16.3. The van der Waals surface area contributed by atoms with Gasteiger partial charge in [0.2, 0.25) is 5.89 Å². The molecule has 11 rings (SSSR count). The van der Waals surface area contributed by atoms with Crippen molar-refractivity contribution in [2.45, 2.75) is 288 Å². The van der Waals surface area contributed by atoms with Crippen LogP contribution in [-0.2, 0) is 155 Å². The van der Waals surface area contributed by atoms with Gasteiger partial charge in [0.15, 0.2) is 0 Å². The van der Waals surface area contributed by atoms with E-state index in [9.17, 15) is 0 Å². The standard InChI is InChI=1S/2C10H16N2.3C9H14N2.2C9H13NO.4C7H10NS.4Re/c1-6-9-8(10(2,3)4)7-12(5)11-9;1-6-8-7-9(10(2,3)4)12(5)11-8;1-5-8-10-6-7(11-8)9(2,3)4;1-5-8-7(6-10-11-8)9(2,3)4;1-5-7-6-8(11-10-7)9(2,3)4;1-5-8-10-7(6-11-8)9(2,3)4;1-5-8-7(6-11-10-8)9(2,3)4;1-7(2,3)6-4-9-5-8-6;1-7(2,3)6-4-8-5-9-6;1-7(2,3)6-4-8-9-5-6;1-7(2,3)6-4-5-8-9-6;;;;/h2*6-7H,1H2,2-5H3;3*5-6H,1H2,2-4H3,(H,10,11);2*5-6H,1H2,2-4H3;2*4H,1-3H3;5H,1-3H3;4H,1-3H3;;;;/q;;;;;;;4*-1;;;;. The predicted octanol–water partition coefficient (Wildman–Crippen LogP) is 26.0. The van der Waals surface area contributed by atoms with Crippen LogP contribution in [0.5, 0.6) is 0 Å². The van der Waals surface area contributed by atoms with Crippen LogP contribution in [0.15, 0.2) is 121 Å². The molecule has 18 nitrogen and oxygen atoms in total. The molecule has 0 aromatic carbocycles. The fourth-order valence-corrected chi connectivity index (χ4v) is 11.7. The van der Waals surface area contributed by atoms with Crippen molar-refractivity contribution in [3.63, 3.8) is 0 Å². The molecule has 0 spiro atoms. The number of hydrogen-bond donors (Lipinski definition) is 3. The monoisotopic (exact) mass is 2390 g/mol. The van der Waals surface area contributed by atoms with Gasteiger partial charge in [-0.2, -0.15) is 49.0 Å². The minimum atomic E-state index is 0. The van der Waals surface area contributed by atoms with Crippen LogP contribution in [0, 0.1) is 23.4 Å². The van der Waals surface area contributed by atoms with E-state index in [4.69, 9.17) is 8.94 Å². The average molecular weight is 2390 g/mol. The Kier molecular flexibility index (Phi) is 52.5. The van der Waals surface area contributed by atoms with Crippen LogP contribution < -0.4 is 0 Å². The molecule has 660 valence electrons. The summed E-state index contributed by atoms with van der Waals surface area (Å²) in [6.45, 7) is 96.7. The number of nitrogens with one attached hydrogen (secondary N) is 3. The van der Waals surface area contributed by atoms with Crippen molar-refractivity contribution in [3.05, 3.63) is 236 Å². The third-order valence-corrected chi connectivity index (χ3v) is 19.6. The number of aryl methyl sites for hydroxylation is 2. The molecule has 0 bridgehead atoms. The summed E-state index contributed by atoms with van der Waals surface area (Å²) in [5.41, 5.74) is 22.6. The first-order valence-corrected chi connectivity index (χ1v) is 41.7. The van der Waals surface area contributed by atoms with Gasteiger partial charge >= 0.3 is 0 Å². The van der Waals surface area contributed by atoms with Gasteiger partial charge in [-0.3, -0.25) is 42.2 Å². The molecule has 4 radical (unpaired) electrons. The van der Waals surface area contributed by atoms with E-state index in [-0.39, 0.29) is 141 Å². The number of imidazole rings is 1. The molecule has 0 atom stereocenters. The van der Waals surface area contributed by atoms with E-state index in [0.29, 0.717) is 5.89 Å². The fraction of sp³-hybridized carbons (Fsp3) is 0.495. The number of oxazole rings is 1. The van der Waals surface area contributed by atoms with Crippen molar-refractivity contribution < 1.29 is 90.6 Å². The van der Waals surface area contributed by atoms with Gasteiger partial charge in [-0.15, -0.1) is 39.1 Å². The first kappa shape index (κ1) is 119. The van der Waals surface area contributed by atoms with Gasteiger partial charge in [-0.05, 0) is 87.3 Å². The Morgan fingerprint density at radius 2 is 1.03 bits per heavy atom. The Hall–Kier alpha value is -6.18. The maximum atomic E-state index is 5.11. The smallest absolute Gasteiger partial charge is 0.218 e. The van der Waals surface area contributed by atoms with E-state index < -0.39 is 0 Å². The molecule has 0 unspecified atom stereocenters. The largest absolute Gasteiger partial charge is 0.445 e. The minimum Gasteiger partial charge on any atom is -0.445 e. The Balaban J connectivity index is -0.000000610. The SMILES string of the molecule is C=Cc1[nH]ncc1C(C)(C)C.C=Cc1cc(C(C)(C)C)[nH]n1.C=Cc1cc(C(C)(C)C)n(C)n1.C=Cc1nc(C(C)(C)C)co1.C=Cc1ncc(C(C)(C)C)[nH]1.C=Cc1nn(C)cc1C(C)(C)C.C=Cc1nocc1C(C)(C)C.CC(C)(C)c1[c-]nsc1.CC(C)(C)c1c[c-]ns1.CC(C)(C)c1cn[c-]s1.CC(C)(C)c1cs[c-]n1.[Re].[Re].[Re].[Re]. The number of nitrogens with zero attached hydrogens (tertiary/aromatic N) is 13. The molecule has 0 fully saturated rings. The van der Waals surface area contributed by atoms with Crippen LogP contribution in [0.4, 0.5) is 0 Å². The van der Waals surface area contributed by atoms with E-state index in [1.807, 2.05) is 64.9 Å². The number of aromatic nitrogens is 16. The Labute approximate surface area is 788 Å². The van der Waals surface area contributed by atoms with Crippen LogP contribution in [0.1, 0.15) is 329 Å². The molecule has 11 heterocycles. The topological polar surface area (TPSA) is 225 Å². The molecule has 119 heavy (non-hydrogen) atoms. The van der Waals surface area contributed by atoms with Crippen LogP contribution in [-0.4, -0.2) is 78.8 Å². The molecule has 3 N–H and O–H groups in total. The first-order chi connectivity index (χ1) is 52.5. The summed E-state index contributed by atoms with van der Waals surface area (Å²) in [5.74, 6) is 1.44. The van der Waals surface area contributed by atoms with Gasteiger partial charge in [0.25, 0.3) is 0 Å². The van der Waals surface area contributed by atoms with E-state index in [1.165, 1.54) is 66.5 Å². The summed E-state index contributed by atoms with van der Waals surface area (Å²) in [4.78, 5) is 22.1. The number of aromatic amines is 3. The first-order valence-electron chi connectivity index (χ1n) is 38.4. The molecule has 0 amide bonds. The summed E-state index contributed by atoms with van der Waals surface area (Å²) in [6.07, 6.45) is 28.9. The van der Waals surface area contributed by atoms with Gasteiger partial charge in [-0.25, -0.2) is 16.0 Å². The zero-order valence-electron chi connectivity index (χ0n) is 78.1. The quantitative estimate of drug-likeness (QED) is 0.126. The van der Waals surface area contributed by atoms with Crippen LogP contribution in [0.2, 0.25) is 0 Å². The van der Waals surface area contributed by atoms with E-state index in [0.717, 1.165) is 62.6 Å². The molecule has 0 aliphatic rings. The summed E-state index contributed by atoms with van der Waals surface area (Å²) in [7, 11) is 3.90. The zero-order chi connectivity index (χ0) is 88.7. The van der Waals surface area contributed by atoms with Crippen molar-refractivity contribution in [2.24, 2.45) is 14.1 Å². The van der Waals surface area contributed by atoms with Crippen LogP contribution in [0.25, 0.3) is 42.5 Å². The number of hydrogen-bond acceptors (Lipinski definition) is 17. The van der Waals surface area contributed by atoms with E-state index in [2.05, 4.69) is 380 Å². The Morgan fingerprint density at radius 1 is 0.479 bits per heavy atom. The Morgan fingerprint density at radius 3 is 1.30 bits per heavy atom. The normalized spacial score (nSPS) is 11.3. The van der Waals surface area contributed by atoms with Gasteiger partial charge in [-0.1, -0.05) is 302 Å². The molecule has 0 saturated heterocycles. The summed E-state index contributed by atoms with van der Waals surface area (Å²) >= 11 is 6.11. The van der Waals surface area contributed by atoms with E-state index in [1.54, 1.807) is 66.4 Å². The van der Waals surface area contributed by atoms with Crippen molar-refractivity contribution in [1.29, 1.82) is 0 Å². The molecule has 0 saturated carbocycles. The molecule has 11 aromatic heterocycles.